The molecule has 4 nitrogen and oxygen atoms in total. The van der Waals surface area contributed by atoms with Gasteiger partial charge < -0.3 is 18.6 Å². The zero-order chi connectivity index (χ0) is 14.7. The van der Waals surface area contributed by atoms with Gasteiger partial charge in [0, 0.05) is 5.56 Å². The highest BCUT2D eigenvalue weighted by Crippen LogP contribution is 2.46. The molecular weight excluding hydrogens is 392 g/mol. The van der Waals surface area contributed by atoms with E-state index in [0.29, 0.717) is 21.9 Å². The third kappa shape index (κ3) is 2.81. The normalized spacial score (nSPS) is 12.1. The summed E-state index contributed by atoms with van der Waals surface area (Å²) in [6.07, 6.45) is 0. The molecule has 0 fully saturated rings. The van der Waals surface area contributed by atoms with Crippen LogP contribution in [0.1, 0.15) is 16.2 Å². The zero-order valence-electron chi connectivity index (χ0n) is 11.3. The number of ether oxygens (including phenoxy) is 3. The van der Waals surface area contributed by atoms with Gasteiger partial charge in [-0.3, -0.25) is 0 Å². The number of alkyl halides is 1. The van der Waals surface area contributed by atoms with Crippen LogP contribution in [0.2, 0.25) is 0 Å². The first-order chi connectivity index (χ1) is 9.62. The highest BCUT2D eigenvalue weighted by Gasteiger charge is 2.23. The summed E-state index contributed by atoms with van der Waals surface area (Å²) in [6, 6.07) is 7.48. The number of hydrogen-bond donors (Lipinski definition) is 0. The molecule has 0 saturated heterocycles. The fraction of sp³-hybridized carbons (Fsp3) is 0.286. The van der Waals surface area contributed by atoms with Crippen LogP contribution in [0.4, 0.5) is 0 Å². The van der Waals surface area contributed by atoms with E-state index in [4.69, 9.17) is 18.6 Å². The quantitative estimate of drug-likeness (QED) is 0.684. The standard InChI is InChI=1S/C14H14Br2O4/c1-17-10-5-4-8(13(18-2)14(10)19-3)12(16)9-6-7-11(15)20-9/h4-7,12H,1-3H3. The average Bonchev–Trinajstić information content (AvgIpc) is 2.91. The monoisotopic (exact) mass is 404 g/mol. The predicted octanol–water partition coefficient (Wildman–Crippen LogP) is 4.55. The fourth-order valence-electron chi connectivity index (χ4n) is 1.94. The molecule has 0 aliphatic rings. The van der Waals surface area contributed by atoms with Gasteiger partial charge in [0.1, 0.15) is 10.6 Å². The Balaban J connectivity index is 2.51. The summed E-state index contributed by atoms with van der Waals surface area (Å²) in [6.45, 7) is 0. The second-order valence-corrected chi connectivity index (χ2v) is 5.63. The van der Waals surface area contributed by atoms with Gasteiger partial charge in [0.2, 0.25) is 5.75 Å². The first kappa shape index (κ1) is 15.3. The van der Waals surface area contributed by atoms with E-state index in [0.717, 1.165) is 11.3 Å². The van der Waals surface area contributed by atoms with E-state index in [1.807, 2.05) is 24.3 Å². The Morgan fingerprint density at radius 1 is 0.950 bits per heavy atom. The summed E-state index contributed by atoms with van der Waals surface area (Å²) in [5.74, 6) is 2.56. The van der Waals surface area contributed by atoms with Gasteiger partial charge >= 0.3 is 0 Å². The van der Waals surface area contributed by atoms with E-state index in [9.17, 15) is 0 Å². The lowest BCUT2D eigenvalue weighted by Crippen LogP contribution is -2.01. The van der Waals surface area contributed by atoms with Crippen molar-refractivity contribution in [3.8, 4) is 17.2 Å². The molecule has 1 aromatic carbocycles. The molecule has 0 amide bonds. The Morgan fingerprint density at radius 2 is 1.65 bits per heavy atom. The fourth-order valence-corrected chi connectivity index (χ4v) is 2.87. The summed E-state index contributed by atoms with van der Waals surface area (Å²) in [5, 5.41) is 0. The van der Waals surface area contributed by atoms with Crippen molar-refractivity contribution in [2.24, 2.45) is 0 Å². The van der Waals surface area contributed by atoms with E-state index in [-0.39, 0.29) is 4.83 Å². The molecule has 1 aromatic heterocycles. The van der Waals surface area contributed by atoms with Crippen molar-refractivity contribution in [3.05, 3.63) is 40.3 Å². The predicted molar refractivity (Wildman–Crippen MR) is 83.3 cm³/mol. The molecule has 0 N–H and O–H groups in total. The van der Waals surface area contributed by atoms with Crippen molar-refractivity contribution in [3.63, 3.8) is 0 Å². The molecule has 0 saturated carbocycles. The van der Waals surface area contributed by atoms with Crippen LogP contribution in [0, 0.1) is 0 Å². The molecule has 1 atom stereocenters. The van der Waals surface area contributed by atoms with Crippen LogP contribution in [0.25, 0.3) is 0 Å². The zero-order valence-corrected chi connectivity index (χ0v) is 14.4. The maximum Gasteiger partial charge on any atom is 0.203 e. The molecule has 20 heavy (non-hydrogen) atoms. The molecule has 0 aliphatic heterocycles. The molecule has 2 aromatic rings. The van der Waals surface area contributed by atoms with Crippen LogP contribution >= 0.6 is 31.9 Å². The van der Waals surface area contributed by atoms with Crippen molar-refractivity contribution >= 4 is 31.9 Å². The van der Waals surface area contributed by atoms with Crippen molar-refractivity contribution in [1.82, 2.24) is 0 Å². The molecule has 1 heterocycles. The summed E-state index contributed by atoms with van der Waals surface area (Å²) < 4.78 is 22.4. The first-order valence-electron chi connectivity index (χ1n) is 5.80. The van der Waals surface area contributed by atoms with Crippen LogP contribution in [0.3, 0.4) is 0 Å². The minimum absolute atomic E-state index is 0.149. The number of benzene rings is 1. The third-order valence-corrected chi connectivity index (χ3v) is 4.22. The Kier molecular flexibility index (Phi) is 4.99. The first-order valence-corrected chi connectivity index (χ1v) is 7.51. The van der Waals surface area contributed by atoms with Gasteiger partial charge in [-0.1, -0.05) is 15.9 Å². The van der Waals surface area contributed by atoms with Crippen LogP contribution in [0.5, 0.6) is 17.2 Å². The Labute approximate surface area is 134 Å². The third-order valence-electron chi connectivity index (χ3n) is 2.85. The van der Waals surface area contributed by atoms with Gasteiger partial charge in [-0.15, -0.1) is 0 Å². The van der Waals surface area contributed by atoms with E-state index < -0.39 is 0 Å². The molecule has 108 valence electrons. The van der Waals surface area contributed by atoms with Gasteiger partial charge in [0.15, 0.2) is 16.2 Å². The van der Waals surface area contributed by atoms with Crippen LogP contribution in [-0.4, -0.2) is 21.3 Å². The average molecular weight is 406 g/mol. The molecule has 0 radical (unpaired) electrons. The lowest BCUT2D eigenvalue weighted by atomic mass is 10.1. The minimum Gasteiger partial charge on any atom is -0.493 e. The SMILES string of the molecule is COc1ccc(C(Br)c2ccc(Br)o2)c(OC)c1OC. The summed E-state index contributed by atoms with van der Waals surface area (Å²) in [7, 11) is 4.77. The van der Waals surface area contributed by atoms with Crippen LogP contribution < -0.4 is 14.2 Å². The van der Waals surface area contributed by atoms with Crippen LogP contribution in [0.15, 0.2) is 33.4 Å². The van der Waals surface area contributed by atoms with Gasteiger partial charge in [-0.2, -0.15) is 0 Å². The second kappa shape index (κ2) is 6.54. The molecule has 0 spiro atoms. The Bertz CT molecular complexity index is 595. The van der Waals surface area contributed by atoms with Crippen molar-refractivity contribution in [2.45, 2.75) is 4.83 Å². The van der Waals surface area contributed by atoms with Crippen molar-refractivity contribution < 1.29 is 18.6 Å². The van der Waals surface area contributed by atoms with E-state index in [2.05, 4.69) is 31.9 Å². The molecule has 1 unspecified atom stereocenters. The molecular formula is C14H14Br2O4. The lowest BCUT2D eigenvalue weighted by Gasteiger charge is -2.17. The van der Waals surface area contributed by atoms with Gasteiger partial charge in [0.25, 0.3) is 0 Å². The van der Waals surface area contributed by atoms with Gasteiger partial charge in [0.05, 0.1) is 21.3 Å². The molecule has 2 rings (SSSR count). The van der Waals surface area contributed by atoms with Gasteiger partial charge in [-0.05, 0) is 40.2 Å². The molecule has 6 heteroatoms. The lowest BCUT2D eigenvalue weighted by molar-refractivity contribution is 0.322. The number of furan rings is 1. The second-order valence-electron chi connectivity index (χ2n) is 3.93. The number of hydrogen-bond acceptors (Lipinski definition) is 4. The van der Waals surface area contributed by atoms with Gasteiger partial charge in [-0.25, -0.2) is 0 Å². The number of halogens is 2. The van der Waals surface area contributed by atoms with Crippen molar-refractivity contribution in [2.75, 3.05) is 21.3 Å². The maximum absolute atomic E-state index is 5.57. The molecule has 0 bridgehead atoms. The highest BCUT2D eigenvalue weighted by molar-refractivity contribution is 9.10. The Morgan fingerprint density at radius 3 is 2.15 bits per heavy atom. The largest absolute Gasteiger partial charge is 0.493 e. The number of rotatable bonds is 5. The van der Waals surface area contributed by atoms with E-state index in [1.165, 1.54) is 0 Å². The van der Waals surface area contributed by atoms with Crippen LogP contribution in [-0.2, 0) is 0 Å². The van der Waals surface area contributed by atoms with E-state index >= 15 is 0 Å². The van der Waals surface area contributed by atoms with E-state index in [1.54, 1.807) is 21.3 Å². The summed E-state index contributed by atoms with van der Waals surface area (Å²) in [5.41, 5.74) is 0.895. The maximum atomic E-state index is 5.57. The molecule has 0 aliphatic carbocycles. The summed E-state index contributed by atoms with van der Waals surface area (Å²) in [4.78, 5) is -0.149. The number of methoxy groups -OCH3 is 3. The van der Waals surface area contributed by atoms with Crippen molar-refractivity contribution in [1.29, 1.82) is 0 Å². The summed E-state index contributed by atoms with van der Waals surface area (Å²) >= 11 is 6.91. The smallest absolute Gasteiger partial charge is 0.203 e. The topological polar surface area (TPSA) is 40.8 Å². The minimum atomic E-state index is -0.149. The highest BCUT2D eigenvalue weighted by atomic mass is 79.9. The Hall–Kier alpha value is -1.14.